The van der Waals surface area contributed by atoms with Gasteiger partial charge in [-0.3, -0.25) is 4.79 Å². The molecule has 0 aromatic heterocycles. The third kappa shape index (κ3) is 7.21. The van der Waals surface area contributed by atoms with Crippen molar-refractivity contribution >= 4 is 23.7 Å². The number of rotatable bonds is 3. The van der Waals surface area contributed by atoms with Crippen molar-refractivity contribution in [3.05, 3.63) is 34.3 Å². The van der Waals surface area contributed by atoms with Crippen LogP contribution in [-0.2, 0) is 11.2 Å². The maximum atomic E-state index is 12.1. The van der Waals surface area contributed by atoms with Gasteiger partial charge in [0.05, 0.1) is 6.42 Å². The maximum absolute atomic E-state index is 12.1. The van der Waals surface area contributed by atoms with Gasteiger partial charge >= 0.3 is 6.16 Å². The Morgan fingerprint density at radius 2 is 1.83 bits per heavy atom. The first kappa shape index (κ1) is 20.3. The molecule has 3 unspecified atom stereocenters. The summed E-state index contributed by atoms with van der Waals surface area (Å²) in [5.74, 6) is 1.55. The van der Waals surface area contributed by atoms with E-state index in [1.807, 2.05) is 25.1 Å². The Labute approximate surface area is 148 Å². The largest absolute Gasteiger partial charge is 0.503 e. The van der Waals surface area contributed by atoms with Crippen LogP contribution in [0.25, 0.3) is 0 Å². The van der Waals surface area contributed by atoms with E-state index in [1.54, 1.807) is 0 Å². The van der Waals surface area contributed by atoms with Crippen LogP contribution >= 0.6 is 11.6 Å². The molecule has 6 heteroatoms. The monoisotopic (exact) mass is 355 g/mol. The van der Waals surface area contributed by atoms with Crippen molar-refractivity contribution in [1.82, 2.24) is 5.32 Å². The lowest BCUT2D eigenvalue weighted by Gasteiger charge is -2.32. The predicted molar refractivity (Wildman–Crippen MR) is 94.7 cm³/mol. The molecule has 0 radical (unpaired) electrons. The van der Waals surface area contributed by atoms with E-state index >= 15 is 0 Å². The van der Waals surface area contributed by atoms with E-state index in [9.17, 15) is 4.79 Å². The molecule has 1 aliphatic carbocycles. The van der Waals surface area contributed by atoms with Crippen LogP contribution < -0.4 is 5.32 Å². The molecule has 1 saturated carbocycles. The van der Waals surface area contributed by atoms with E-state index in [4.69, 9.17) is 26.6 Å². The van der Waals surface area contributed by atoms with Crippen LogP contribution in [0.4, 0.5) is 4.79 Å². The first-order valence-corrected chi connectivity index (χ1v) is 8.53. The third-order valence-corrected chi connectivity index (χ3v) is 4.87. The number of hydrogen-bond donors (Lipinski definition) is 3. The molecule has 3 atom stereocenters. The summed E-state index contributed by atoms with van der Waals surface area (Å²) in [6.45, 7) is 6.58. The van der Waals surface area contributed by atoms with Gasteiger partial charge in [-0.2, -0.15) is 0 Å². The number of nitrogens with one attached hydrogen (secondary N) is 1. The molecule has 0 bridgehead atoms. The number of carbonyl (C=O) groups excluding carboxylic acids is 1. The van der Waals surface area contributed by atoms with E-state index in [-0.39, 0.29) is 5.91 Å². The van der Waals surface area contributed by atoms with Crippen molar-refractivity contribution < 1.29 is 19.8 Å². The van der Waals surface area contributed by atoms with Crippen LogP contribution in [-0.4, -0.2) is 28.3 Å². The lowest BCUT2D eigenvalue weighted by atomic mass is 9.79. The smallest absolute Gasteiger partial charge is 0.450 e. The second-order valence-electron chi connectivity index (χ2n) is 6.59. The molecule has 0 saturated heterocycles. The number of amides is 1. The fourth-order valence-corrected chi connectivity index (χ4v) is 3.23. The topological polar surface area (TPSA) is 86.6 Å². The summed E-state index contributed by atoms with van der Waals surface area (Å²) in [6.07, 6.45) is 1.93. The number of benzene rings is 1. The SMILES string of the molecule is Cc1ccc(CC(=O)NC2CCC(C)C(C)C2)c(Cl)c1.O=C(O)O. The van der Waals surface area contributed by atoms with Gasteiger partial charge in [0.25, 0.3) is 0 Å². The minimum Gasteiger partial charge on any atom is -0.450 e. The van der Waals surface area contributed by atoms with Gasteiger partial charge in [-0.15, -0.1) is 0 Å². The summed E-state index contributed by atoms with van der Waals surface area (Å²) in [6, 6.07) is 6.19. The minimum atomic E-state index is -1.83. The van der Waals surface area contributed by atoms with Crippen molar-refractivity contribution in [3.63, 3.8) is 0 Å². The fourth-order valence-electron chi connectivity index (χ4n) is 2.93. The third-order valence-electron chi connectivity index (χ3n) is 4.52. The van der Waals surface area contributed by atoms with Crippen molar-refractivity contribution in [2.75, 3.05) is 0 Å². The molecule has 5 nitrogen and oxygen atoms in total. The van der Waals surface area contributed by atoms with Gasteiger partial charge in [0.1, 0.15) is 0 Å². The maximum Gasteiger partial charge on any atom is 0.503 e. The van der Waals surface area contributed by atoms with Crippen molar-refractivity contribution in [1.29, 1.82) is 0 Å². The van der Waals surface area contributed by atoms with Gasteiger partial charge in [0, 0.05) is 11.1 Å². The highest BCUT2D eigenvalue weighted by atomic mass is 35.5. The number of carboxylic acid groups (broad SMARTS) is 2. The molecule has 1 aromatic rings. The summed E-state index contributed by atoms with van der Waals surface area (Å²) in [5.41, 5.74) is 2.03. The van der Waals surface area contributed by atoms with Crippen molar-refractivity contribution in [2.24, 2.45) is 11.8 Å². The molecule has 1 aromatic carbocycles. The Morgan fingerprint density at radius 1 is 1.21 bits per heavy atom. The van der Waals surface area contributed by atoms with Gasteiger partial charge in [-0.1, -0.05) is 37.6 Å². The zero-order chi connectivity index (χ0) is 18.3. The molecule has 1 amide bonds. The number of halogens is 1. The molecule has 1 fully saturated rings. The van der Waals surface area contributed by atoms with Gasteiger partial charge in [0.15, 0.2) is 0 Å². The van der Waals surface area contributed by atoms with Crippen molar-refractivity contribution in [3.8, 4) is 0 Å². The van der Waals surface area contributed by atoms with E-state index in [0.717, 1.165) is 29.9 Å². The average molecular weight is 356 g/mol. The van der Waals surface area contributed by atoms with Gasteiger partial charge < -0.3 is 15.5 Å². The second kappa shape index (κ2) is 9.52. The van der Waals surface area contributed by atoms with E-state index in [2.05, 4.69) is 19.2 Å². The van der Waals surface area contributed by atoms with E-state index < -0.39 is 6.16 Å². The van der Waals surface area contributed by atoms with Crippen LogP contribution in [0.15, 0.2) is 18.2 Å². The molecular weight excluding hydrogens is 330 g/mol. The molecule has 134 valence electrons. The quantitative estimate of drug-likeness (QED) is 0.752. The van der Waals surface area contributed by atoms with Crippen LogP contribution in [0, 0.1) is 18.8 Å². The van der Waals surface area contributed by atoms with Crippen LogP contribution in [0.5, 0.6) is 0 Å². The second-order valence-corrected chi connectivity index (χ2v) is 6.99. The van der Waals surface area contributed by atoms with Gasteiger partial charge in [-0.25, -0.2) is 4.79 Å². The van der Waals surface area contributed by atoms with E-state index in [1.165, 1.54) is 6.42 Å². The number of carbonyl (C=O) groups is 2. The van der Waals surface area contributed by atoms with Crippen LogP contribution in [0.3, 0.4) is 0 Å². The van der Waals surface area contributed by atoms with Gasteiger partial charge in [0.2, 0.25) is 5.91 Å². The lowest BCUT2D eigenvalue weighted by Crippen LogP contribution is -2.40. The lowest BCUT2D eigenvalue weighted by molar-refractivity contribution is -0.121. The van der Waals surface area contributed by atoms with E-state index in [0.29, 0.717) is 23.4 Å². The highest BCUT2D eigenvalue weighted by molar-refractivity contribution is 6.31. The summed E-state index contributed by atoms with van der Waals surface area (Å²) >= 11 is 6.18. The Hall–Kier alpha value is -1.75. The van der Waals surface area contributed by atoms with Gasteiger partial charge in [-0.05, 0) is 55.2 Å². The molecule has 3 N–H and O–H groups in total. The fraction of sp³-hybridized carbons (Fsp3) is 0.556. The molecule has 24 heavy (non-hydrogen) atoms. The Kier molecular flexibility index (Phi) is 8.05. The Balaban J connectivity index is 0.000000648. The predicted octanol–water partition coefficient (Wildman–Crippen LogP) is 4.35. The Morgan fingerprint density at radius 3 is 2.38 bits per heavy atom. The summed E-state index contributed by atoms with van der Waals surface area (Å²) in [5, 5.41) is 17.8. The van der Waals surface area contributed by atoms with Crippen LogP contribution in [0.2, 0.25) is 5.02 Å². The average Bonchev–Trinajstić information content (AvgIpc) is 2.45. The standard InChI is InChI=1S/C17H24ClNO.CH2O3/c1-11-4-6-14(16(18)8-11)10-17(20)19-15-7-5-12(2)13(3)9-15;2-1(3)4/h4,6,8,12-13,15H,5,7,9-10H2,1-3H3,(H,19,20);(H2,2,3,4). The summed E-state index contributed by atoms with van der Waals surface area (Å²) in [7, 11) is 0. The summed E-state index contributed by atoms with van der Waals surface area (Å²) < 4.78 is 0. The Bertz CT molecular complexity index is 572. The number of hydrogen-bond acceptors (Lipinski definition) is 2. The summed E-state index contributed by atoms with van der Waals surface area (Å²) in [4.78, 5) is 20.7. The highest BCUT2D eigenvalue weighted by Gasteiger charge is 2.25. The number of aryl methyl sites for hydroxylation is 1. The zero-order valence-corrected chi connectivity index (χ0v) is 15.1. The molecule has 0 spiro atoms. The molecule has 0 aliphatic heterocycles. The highest BCUT2D eigenvalue weighted by Crippen LogP contribution is 2.29. The first-order valence-electron chi connectivity index (χ1n) is 8.15. The minimum absolute atomic E-state index is 0.0857. The first-order chi connectivity index (χ1) is 11.2. The molecule has 1 aliphatic rings. The molecule has 2 rings (SSSR count). The van der Waals surface area contributed by atoms with Crippen LogP contribution in [0.1, 0.15) is 44.2 Å². The zero-order valence-electron chi connectivity index (χ0n) is 14.4. The van der Waals surface area contributed by atoms with Crippen molar-refractivity contribution in [2.45, 2.75) is 52.5 Å². The normalized spacial score (nSPS) is 22.9. The molecular formula is C18H26ClNO4. The molecule has 0 heterocycles.